The Morgan fingerprint density at radius 2 is 1.88 bits per heavy atom. The Labute approximate surface area is 309 Å². The van der Waals surface area contributed by atoms with E-state index in [1.54, 1.807) is 11.1 Å². The zero-order valence-corrected chi connectivity index (χ0v) is 31.9. The average molecular weight is 727 g/mol. The molecular weight excluding hydrogens is 678 g/mol. The lowest BCUT2D eigenvalue weighted by atomic mass is 9.78. The fraction of sp³-hybridized carbons (Fsp3) is 0.550. The van der Waals surface area contributed by atoms with Gasteiger partial charge in [0.15, 0.2) is 6.23 Å². The quantitative estimate of drug-likeness (QED) is 0.264. The van der Waals surface area contributed by atoms with Gasteiger partial charge >= 0.3 is 13.2 Å². The fourth-order valence-corrected chi connectivity index (χ4v) is 9.63. The van der Waals surface area contributed by atoms with Crippen molar-refractivity contribution in [3.05, 3.63) is 70.5 Å². The van der Waals surface area contributed by atoms with Crippen molar-refractivity contribution in [1.29, 1.82) is 0 Å². The molecule has 0 bridgehead atoms. The second kappa shape index (κ2) is 12.0. The number of alkyl halides is 1. The molecule has 6 heterocycles. The van der Waals surface area contributed by atoms with Gasteiger partial charge < -0.3 is 28.3 Å². The van der Waals surface area contributed by atoms with Crippen LogP contribution in [-0.4, -0.2) is 67.4 Å². The van der Waals surface area contributed by atoms with Gasteiger partial charge in [0.05, 0.1) is 51.2 Å². The number of hydrogen-bond donors (Lipinski definition) is 1. The summed E-state index contributed by atoms with van der Waals surface area (Å²) < 4.78 is 44.4. The van der Waals surface area contributed by atoms with Crippen molar-refractivity contribution < 1.29 is 28.0 Å². The van der Waals surface area contributed by atoms with Crippen LogP contribution >= 0.6 is 11.8 Å². The highest BCUT2D eigenvalue weighted by Gasteiger charge is 2.52. The summed E-state index contributed by atoms with van der Waals surface area (Å²) in [6.07, 6.45) is 9.46. The maximum Gasteiger partial charge on any atom is 0.494 e. The van der Waals surface area contributed by atoms with Gasteiger partial charge in [0.1, 0.15) is 23.4 Å². The van der Waals surface area contributed by atoms with Gasteiger partial charge in [-0.1, -0.05) is 18.2 Å². The van der Waals surface area contributed by atoms with Gasteiger partial charge in [-0.25, -0.2) is 14.2 Å². The molecule has 0 spiro atoms. The number of imidazole rings is 1. The zero-order valence-electron chi connectivity index (χ0n) is 31.1. The van der Waals surface area contributed by atoms with Crippen LogP contribution in [0.4, 0.5) is 9.18 Å². The van der Waals surface area contributed by atoms with Gasteiger partial charge in [0.25, 0.3) is 0 Å². The molecule has 2 aromatic heterocycles. The molecule has 0 radical (unpaired) electrons. The van der Waals surface area contributed by atoms with Crippen LogP contribution in [0.5, 0.6) is 0 Å². The summed E-state index contributed by atoms with van der Waals surface area (Å²) in [5.74, 6) is 1.94. The molecule has 1 N–H and O–H groups in total. The summed E-state index contributed by atoms with van der Waals surface area (Å²) in [6, 6.07) is 8.22. The Hall–Kier alpha value is -3.48. The lowest BCUT2D eigenvalue weighted by Gasteiger charge is -2.36. The number of halogens is 1. The molecule has 3 fully saturated rings. The monoisotopic (exact) mass is 726 g/mol. The van der Waals surface area contributed by atoms with Crippen molar-refractivity contribution in [2.75, 3.05) is 6.54 Å². The Balaban J connectivity index is 1.06. The Morgan fingerprint density at radius 1 is 1.12 bits per heavy atom. The lowest BCUT2D eigenvalue weighted by molar-refractivity contribution is 0.00578. The second-order valence-corrected chi connectivity index (χ2v) is 18.5. The minimum absolute atomic E-state index is 0.165. The SMILES string of the molecule is CC(C)(C)OC(=O)N1CCCC1c1ncc(C2=CC3=C(c4cc5cc(B6OC(C)(C)C(C)(C)O6)ccc5n4C(C4CC=C(C5CC5)S4)O3)C(F)C2)[nH]1. The highest BCUT2D eigenvalue weighted by atomic mass is 32.2. The molecule has 9 rings (SSSR count). The predicted octanol–water partition coefficient (Wildman–Crippen LogP) is 8.60. The van der Waals surface area contributed by atoms with E-state index in [1.807, 2.05) is 38.6 Å². The smallest absolute Gasteiger partial charge is 0.468 e. The molecule has 4 aliphatic heterocycles. The molecule has 1 aromatic carbocycles. The van der Waals surface area contributed by atoms with E-state index >= 15 is 4.39 Å². The number of fused-ring (bicyclic) bond motifs is 4. The Kier molecular flexibility index (Phi) is 7.93. The van der Waals surface area contributed by atoms with E-state index < -0.39 is 30.1 Å². The van der Waals surface area contributed by atoms with Gasteiger partial charge in [-0.3, -0.25) is 4.90 Å². The van der Waals surface area contributed by atoms with Crippen LogP contribution in [0.2, 0.25) is 0 Å². The molecule has 274 valence electrons. The van der Waals surface area contributed by atoms with E-state index in [0.717, 1.165) is 52.6 Å². The number of ether oxygens (including phenoxy) is 2. The summed E-state index contributed by atoms with van der Waals surface area (Å²) in [5, 5.41) is 1.17. The average Bonchev–Trinajstić information content (AvgIpc) is 3.53. The van der Waals surface area contributed by atoms with E-state index in [-0.39, 0.29) is 30.0 Å². The normalized spacial score (nSPS) is 28.2. The number of aromatic amines is 1. The number of benzene rings is 1. The van der Waals surface area contributed by atoms with Crippen molar-refractivity contribution in [2.45, 2.75) is 127 Å². The highest BCUT2D eigenvalue weighted by molar-refractivity contribution is 8.04. The minimum atomic E-state index is -1.28. The van der Waals surface area contributed by atoms with E-state index in [4.69, 9.17) is 23.8 Å². The Bertz CT molecular complexity index is 2040. The van der Waals surface area contributed by atoms with Gasteiger partial charge in [-0.05, 0) is 121 Å². The van der Waals surface area contributed by atoms with Gasteiger partial charge in [-0.15, -0.1) is 11.8 Å². The summed E-state index contributed by atoms with van der Waals surface area (Å²) in [4.78, 5) is 24.4. The topological polar surface area (TPSA) is 90.8 Å². The Morgan fingerprint density at radius 3 is 2.62 bits per heavy atom. The van der Waals surface area contributed by atoms with Crippen LogP contribution in [-0.2, 0) is 18.8 Å². The van der Waals surface area contributed by atoms with Crippen molar-refractivity contribution in [3.8, 4) is 0 Å². The maximum atomic E-state index is 16.7. The van der Waals surface area contributed by atoms with Crippen LogP contribution in [0.3, 0.4) is 0 Å². The van der Waals surface area contributed by atoms with Crippen molar-refractivity contribution in [2.24, 2.45) is 5.92 Å². The third-order valence-corrected chi connectivity index (χ3v) is 13.2. The van der Waals surface area contributed by atoms with Gasteiger partial charge in [0.2, 0.25) is 0 Å². The molecule has 6 aliphatic rings. The molecule has 2 aliphatic carbocycles. The van der Waals surface area contributed by atoms with E-state index in [0.29, 0.717) is 29.6 Å². The first kappa shape index (κ1) is 34.3. The number of thioether (sulfide) groups is 1. The number of aromatic nitrogens is 3. The molecule has 4 atom stereocenters. The van der Waals surface area contributed by atoms with Crippen LogP contribution in [0.25, 0.3) is 22.0 Å². The molecule has 9 nitrogen and oxygen atoms in total. The van der Waals surface area contributed by atoms with Crippen LogP contribution in [0, 0.1) is 5.92 Å². The first-order chi connectivity index (χ1) is 24.7. The number of nitrogens with one attached hydrogen (secondary N) is 1. The summed E-state index contributed by atoms with van der Waals surface area (Å²) in [7, 11) is -0.488. The number of likely N-dealkylation sites (tertiary alicyclic amines) is 1. The summed E-state index contributed by atoms with van der Waals surface area (Å²) in [5.41, 5.74) is 3.46. The third kappa shape index (κ3) is 5.84. The van der Waals surface area contributed by atoms with Crippen molar-refractivity contribution in [1.82, 2.24) is 19.4 Å². The van der Waals surface area contributed by atoms with Crippen molar-refractivity contribution in [3.63, 3.8) is 0 Å². The molecular formula is C40H48BFN4O5S. The molecule has 2 saturated heterocycles. The van der Waals surface area contributed by atoms with Gasteiger partial charge in [0, 0.05) is 18.4 Å². The van der Waals surface area contributed by atoms with Gasteiger partial charge in [-0.2, -0.15) is 0 Å². The molecule has 12 heteroatoms. The van der Waals surface area contributed by atoms with E-state index in [9.17, 15) is 4.79 Å². The largest absolute Gasteiger partial charge is 0.494 e. The van der Waals surface area contributed by atoms with E-state index in [2.05, 4.69) is 67.6 Å². The molecule has 1 amide bonds. The van der Waals surface area contributed by atoms with Crippen LogP contribution < -0.4 is 5.46 Å². The number of carbonyl (C=O) groups excluding carboxylic acids is 1. The second-order valence-electron chi connectivity index (χ2n) is 17.2. The molecule has 1 saturated carbocycles. The number of H-pyrrole nitrogens is 1. The molecule has 52 heavy (non-hydrogen) atoms. The van der Waals surface area contributed by atoms with Crippen LogP contribution in [0.15, 0.2) is 53.3 Å². The molecule has 3 aromatic rings. The van der Waals surface area contributed by atoms with Crippen molar-refractivity contribution >= 4 is 52.5 Å². The molecule has 4 unspecified atom stereocenters. The summed E-state index contributed by atoms with van der Waals surface area (Å²) in [6.45, 7) is 14.5. The predicted molar refractivity (Wildman–Crippen MR) is 202 cm³/mol. The number of allylic oxidation sites excluding steroid dienone is 5. The highest BCUT2D eigenvalue weighted by Crippen LogP contribution is 2.54. The van der Waals surface area contributed by atoms with Crippen LogP contribution in [0.1, 0.15) is 116 Å². The zero-order chi connectivity index (χ0) is 36.3. The number of hydrogen-bond acceptors (Lipinski definition) is 7. The first-order valence-corrected chi connectivity index (χ1v) is 19.7. The first-order valence-electron chi connectivity index (χ1n) is 18.8. The third-order valence-electron chi connectivity index (χ3n) is 11.7. The number of carbonyl (C=O) groups is 1. The maximum absolute atomic E-state index is 16.7. The standard InChI is InChI=1S/C40H48BFN4O5S/c1-38(2,3)49-37(47)45-16-8-9-29(45)35-43-21-27(44-35)23-18-26(42)34-30-19-24-17-25(41-50-39(4,5)40(6,7)51-41)12-13-28(24)46(30)36(48-31(34)20-23)33-15-14-32(52-33)22-10-11-22/h12-14,17,19-22,26,29,33,36H,8-11,15-16,18H2,1-7H3,(H,43,44). The lowest BCUT2D eigenvalue weighted by Crippen LogP contribution is -2.41. The fourth-order valence-electron chi connectivity index (χ4n) is 8.17. The minimum Gasteiger partial charge on any atom is -0.468 e. The number of nitrogens with zero attached hydrogens (tertiary/aromatic N) is 3. The van der Waals surface area contributed by atoms with E-state index in [1.165, 1.54) is 17.7 Å². The summed E-state index contributed by atoms with van der Waals surface area (Å²) >= 11 is 1.93. The number of amides is 1. The number of rotatable bonds is 5.